The second-order valence-corrected chi connectivity index (χ2v) is 5.60. The zero-order valence-corrected chi connectivity index (χ0v) is 12.3. The lowest BCUT2D eigenvalue weighted by Crippen LogP contribution is -2.16. The third-order valence-electron chi connectivity index (χ3n) is 3.54. The molecule has 0 aromatic heterocycles. The van der Waals surface area contributed by atoms with Crippen molar-refractivity contribution in [3.8, 4) is 16.9 Å². The van der Waals surface area contributed by atoms with Crippen LogP contribution in [-0.2, 0) is 6.42 Å². The lowest BCUT2D eigenvalue weighted by atomic mass is 9.99. The summed E-state index contributed by atoms with van der Waals surface area (Å²) in [6.45, 7) is 2.38. The Labute approximate surface area is 127 Å². The molecule has 106 valence electrons. The number of nitrogens with zero attached hydrogens (tertiary/aromatic N) is 3. The second-order valence-electron chi connectivity index (χ2n) is 5.17. The molecular formula is C16H14ClN3O. The van der Waals surface area contributed by atoms with E-state index in [9.17, 15) is 0 Å². The Morgan fingerprint density at radius 2 is 2.24 bits per heavy atom. The highest BCUT2D eigenvalue weighted by Gasteiger charge is 2.26. The predicted molar refractivity (Wildman–Crippen MR) is 83.8 cm³/mol. The molecule has 2 aromatic rings. The van der Waals surface area contributed by atoms with Gasteiger partial charge in [0, 0.05) is 21.9 Å². The largest absolute Gasteiger partial charge is 0.489 e. The lowest BCUT2D eigenvalue weighted by Gasteiger charge is -2.12. The number of hydrogen-bond acceptors (Lipinski definition) is 2. The number of aryl methyl sites for hydroxylation is 1. The molecule has 0 aliphatic carbocycles. The maximum atomic E-state index is 8.43. The Morgan fingerprint density at radius 1 is 1.38 bits per heavy atom. The molecule has 0 saturated carbocycles. The summed E-state index contributed by atoms with van der Waals surface area (Å²) in [6.07, 6.45) is 0.603. The first-order valence-electron chi connectivity index (χ1n) is 6.74. The molecule has 1 heterocycles. The van der Waals surface area contributed by atoms with E-state index >= 15 is 0 Å². The normalized spacial score (nSPS) is 16.0. The van der Waals surface area contributed by atoms with Gasteiger partial charge in [0.25, 0.3) is 0 Å². The molecule has 21 heavy (non-hydrogen) atoms. The average molecular weight is 300 g/mol. The van der Waals surface area contributed by atoms with Gasteiger partial charge in [0.1, 0.15) is 11.9 Å². The number of benzene rings is 2. The molecule has 0 spiro atoms. The third-order valence-corrected chi connectivity index (χ3v) is 3.76. The summed E-state index contributed by atoms with van der Waals surface area (Å²) >= 11 is 6.23. The average Bonchev–Trinajstić information content (AvgIpc) is 2.86. The van der Waals surface area contributed by atoms with Crippen molar-refractivity contribution in [1.82, 2.24) is 0 Å². The van der Waals surface area contributed by atoms with E-state index in [-0.39, 0.29) is 6.10 Å². The van der Waals surface area contributed by atoms with Crippen LogP contribution in [-0.4, -0.2) is 12.6 Å². The Kier molecular flexibility index (Phi) is 3.74. The molecule has 1 aliphatic rings. The highest BCUT2D eigenvalue weighted by Crippen LogP contribution is 2.41. The van der Waals surface area contributed by atoms with Crippen molar-refractivity contribution in [3.05, 3.63) is 63.0 Å². The van der Waals surface area contributed by atoms with E-state index in [0.717, 1.165) is 22.4 Å². The Bertz CT molecular complexity index is 738. The van der Waals surface area contributed by atoms with Crippen LogP contribution >= 0.6 is 11.6 Å². The van der Waals surface area contributed by atoms with Crippen LogP contribution in [0, 0.1) is 6.92 Å². The summed E-state index contributed by atoms with van der Waals surface area (Å²) in [4.78, 5) is 2.79. The maximum absolute atomic E-state index is 8.43. The van der Waals surface area contributed by atoms with E-state index in [4.69, 9.17) is 21.9 Å². The highest BCUT2D eigenvalue weighted by molar-refractivity contribution is 6.31. The standard InChI is InChI=1S/C16H14ClN3O/c1-10-3-2-4-11(5-10)15-8-13(17)6-12-7-14(9-19-20-18)21-16(12)15/h2-6,8,14H,7,9H2,1H3. The molecule has 0 amide bonds. The SMILES string of the molecule is Cc1cccc(-c2cc(Cl)cc3c2OC(CN=[N+]=[N-])C3)c1. The molecule has 5 heteroatoms. The van der Waals surface area contributed by atoms with Gasteiger partial charge in [-0.05, 0) is 35.7 Å². The molecule has 1 atom stereocenters. The smallest absolute Gasteiger partial charge is 0.130 e. The van der Waals surface area contributed by atoms with Crippen molar-refractivity contribution in [1.29, 1.82) is 0 Å². The first kappa shape index (κ1) is 13.8. The van der Waals surface area contributed by atoms with Gasteiger partial charge in [-0.1, -0.05) is 46.5 Å². The lowest BCUT2D eigenvalue weighted by molar-refractivity contribution is 0.242. The van der Waals surface area contributed by atoms with Crippen molar-refractivity contribution in [2.24, 2.45) is 5.11 Å². The zero-order chi connectivity index (χ0) is 14.8. The van der Waals surface area contributed by atoms with E-state index in [2.05, 4.69) is 29.1 Å². The molecule has 2 aromatic carbocycles. The molecule has 0 fully saturated rings. The summed E-state index contributed by atoms with van der Waals surface area (Å²) in [5.74, 6) is 0.850. The van der Waals surface area contributed by atoms with Gasteiger partial charge in [-0.2, -0.15) is 0 Å². The molecule has 1 unspecified atom stereocenters. The number of ether oxygens (including phenoxy) is 1. The summed E-state index contributed by atoms with van der Waals surface area (Å²) in [6, 6.07) is 12.1. The van der Waals surface area contributed by atoms with E-state index < -0.39 is 0 Å². The molecule has 1 aliphatic heterocycles. The molecule has 3 rings (SSSR count). The fraction of sp³-hybridized carbons (Fsp3) is 0.250. The van der Waals surface area contributed by atoms with Crippen LogP contribution < -0.4 is 4.74 Å². The summed E-state index contributed by atoms with van der Waals surface area (Å²) in [5, 5.41) is 4.29. The first-order chi connectivity index (χ1) is 10.2. The Balaban J connectivity index is 2.03. The quantitative estimate of drug-likeness (QED) is 0.450. The van der Waals surface area contributed by atoms with E-state index in [0.29, 0.717) is 18.0 Å². The van der Waals surface area contributed by atoms with Crippen LogP contribution in [0.25, 0.3) is 21.6 Å². The Hall–Kier alpha value is -2.16. The molecule has 0 bridgehead atoms. The first-order valence-corrected chi connectivity index (χ1v) is 7.12. The number of rotatable bonds is 3. The predicted octanol–water partition coefficient (Wildman–Crippen LogP) is 4.93. The van der Waals surface area contributed by atoms with E-state index in [1.807, 2.05) is 24.3 Å². The van der Waals surface area contributed by atoms with Crippen LogP contribution in [0.5, 0.6) is 5.75 Å². The minimum atomic E-state index is -0.113. The van der Waals surface area contributed by atoms with Crippen molar-refractivity contribution >= 4 is 11.6 Å². The Morgan fingerprint density at radius 3 is 3.00 bits per heavy atom. The van der Waals surface area contributed by atoms with Crippen LogP contribution in [0.1, 0.15) is 11.1 Å². The fourth-order valence-corrected chi connectivity index (χ4v) is 2.89. The van der Waals surface area contributed by atoms with Gasteiger partial charge in [0.05, 0.1) is 6.54 Å². The fourth-order valence-electron chi connectivity index (χ4n) is 2.65. The molecule has 0 radical (unpaired) electrons. The highest BCUT2D eigenvalue weighted by atomic mass is 35.5. The van der Waals surface area contributed by atoms with Crippen LogP contribution in [0.4, 0.5) is 0 Å². The van der Waals surface area contributed by atoms with Gasteiger partial charge in [0.2, 0.25) is 0 Å². The van der Waals surface area contributed by atoms with E-state index in [1.54, 1.807) is 0 Å². The maximum Gasteiger partial charge on any atom is 0.130 e. The van der Waals surface area contributed by atoms with E-state index in [1.165, 1.54) is 5.56 Å². The van der Waals surface area contributed by atoms with Crippen molar-refractivity contribution in [2.75, 3.05) is 6.54 Å². The molecule has 0 N–H and O–H groups in total. The van der Waals surface area contributed by atoms with Crippen molar-refractivity contribution in [2.45, 2.75) is 19.4 Å². The zero-order valence-electron chi connectivity index (χ0n) is 11.6. The minimum absolute atomic E-state index is 0.113. The van der Waals surface area contributed by atoms with Gasteiger partial charge in [-0.15, -0.1) is 0 Å². The van der Waals surface area contributed by atoms with Gasteiger partial charge >= 0.3 is 0 Å². The molecular weight excluding hydrogens is 286 g/mol. The topological polar surface area (TPSA) is 58.0 Å². The van der Waals surface area contributed by atoms with Gasteiger partial charge in [-0.25, -0.2) is 0 Å². The van der Waals surface area contributed by atoms with Crippen LogP contribution in [0.15, 0.2) is 41.5 Å². The van der Waals surface area contributed by atoms with Gasteiger partial charge in [-0.3, -0.25) is 0 Å². The van der Waals surface area contributed by atoms with Gasteiger partial charge in [0.15, 0.2) is 0 Å². The third kappa shape index (κ3) is 2.82. The summed E-state index contributed by atoms with van der Waals surface area (Å²) in [5.41, 5.74) is 12.8. The summed E-state index contributed by atoms with van der Waals surface area (Å²) in [7, 11) is 0. The molecule has 0 saturated heterocycles. The number of hydrogen-bond donors (Lipinski definition) is 0. The number of fused-ring (bicyclic) bond motifs is 1. The second kappa shape index (κ2) is 5.68. The number of azide groups is 1. The molecule has 4 nitrogen and oxygen atoms in total. The van der Waals surface area contributed by atoms with Crippen molar-refractivity contribution < 1.29 is 4.74 Å². The number of halogens is 1. The van der Waals surface area contributed by atoms with Gasteiger partial charge < -0.3 is 4.74 Å². The monoisotopic (exact) mass is 299 g/mol. The summed E-state index contributed by atoms with van der Waals surface area (Å²) < 4.78 is 5.97. The minimum Gasteiger partial charge on any atom is -0.489 e. The van der Waals surface area contributed by atoms with Crippen LogP contribution in [0.3, 0.4) is 0 Å². The van der Waals surface area contributed by atoms with Crippen molar-refractivity contribution in [3.63, 3.8) is 0 Å². The van der Waals surface area contributed by atoms with Crippen LogP contribution in [0.2, 0.25) is 5.02 Å².